The van der Waals surface area contributed by atoms with Crippen LogP contribution >= 0.6 is 0 Å². The smallest absolute Gasteiger partial charge is 0.407 e. The van der Waals surface area contributed by atoms with E-state index in [1.807, 2.05) is 44.2 Å². The van der Waals surface area contributed by atoms with Crippen molar-refractivity contribution in [3.05, 3.63) is 83.9 Å². The van der Waals surface area contributed by atoms with E-state index in [2.05, 4.69) is 63.3 Å². The second kappa shape index (κ2) is 14.8. The predicted molar refractivity (Wildman–Crippen MR) is 160 cm³/mol. The molecule has 0 spiro atoms. The highest BCUT2D eigenvalue weighted by Crippen LogP contribution is 2.43. The molecule has 0 bridgehead atoms. The van der Waals surface area contributed by atoms with Crippen molar-refractivity contribution in [3.8, 4) is 0 Å². The molecule has 2 aromatic rings. The first-order chi connectivity index (χ1) is 19.9. The molecule has 41 heavy (non-hydrogen) atoms. The zero-order chi connectivity index (χ0) is 29.1. The Labute approximate surface area is 243 Å². The van der Waals surface area contributed by atoms with Crippen molar-refractivity contribution in [1.29, 1.82) is 0 Å². The van der Waals surface area contributed by atoms with Gasteiger partial charge in [0.1, 0.15) is 19.2 Å². The fourth-order valence-electron chi connectivity index (χ4n) is 5.98. The van der Waals surface area contributed by atoms with Crippen LogP contribution in [0.5, 0.6) is 0 Å². The molecule has 8 nitrogen and oxygen atoms in total. The molecule has 1 saturated carbocycles. The number of hydrogen-bond donors (Lipinski definition) is 3. The van der Waals surface area contributed by atoms with Crippen LogP contribution < -0.4 is 16.0 Å². The van der Waals surface area contributed by atoms with Crippen molar-refractivity contribution < 1.29 is 19.1 Å². The molecule has 1 aliphatic carbocycles. The number of ether oxygens (including phenoxy) is 1. The van der Waals surface area contributed by atoms with Crippen molar-refractivity contribution in [3.63, 3.8) is 0 Å². The van der Waals surface area contributed by atoms with Crippen LogP contribution in [0.25, 0.3) is 0 Å². The van der Waals surface area contributed by atoms with Crippen LogP contribution in [0.4, 0.5) is 4.79 Å². The number of rotatable bonds is 11. The van der Waals surface area contributed by atoms with Gasteiger partial charge in [0.05, 0.1) is 0 Å². The van der Waals surface area contributed by atoms with E-state index in [4.69, 9.17) is 4.74 Å². The molecule has 1 atom stereocenters. The second-order valence-corrected chi connectivity index (χ2v) is 11.6. The summed E-state index contributed by atoms with van der Waals surface area (Å²) in [5.41, 5.74) is 2.18. The predicted octanol–water partition coefficient (Wildman–Crippen LogP) is 4.66. The first-order valence-electron chi connectivity index (χ1n) is 14.9. The summed E-state index contributed by atoms with van der Waals surface area (Å²) in [6.07, 6.45) is 9.09. The number of benzene rings is 2. The van der Waals surface area contributed by atoms with E-state index in [1.54, 1.807) is 0 Å². The molecule has 0 aromatic heterocycles. The van der Waals surface area contributed by atoms with Crippen LogP contribution in [0.15, 0.2) is 72.8 Å². The average molecular weight is 561 g/mol. The summed E-state index contributed by atoms with van der Waals surface area (Å²) in [5.74, 6) is -0.386. The quantitative estimate of drug-likeness (QED) is 0.347. The van der Waals surface area contributed by atoms with Gasteiger partial charge in [-0.25, -0.2) is 4.79 Å². The zero-order valence-corrected chi connectivity index (χ0v) is 24.3. The molecule has 1 fully saturated rings. The van der Waals surface area contributed by atoms with Gasteiger partial charge in [0.25, 0.3) is 0 Å². The maximum absolute atomic E-state index is 13.4. The summed E-state index contributed by atoms with van der Waals surface area (Å²) >= 11 is 0. The third-order valence-electron chi connectivity index (χ3n) is 8.10. The molecule has 1 unspecified atom stereocenters. The number of alkyl carbamates (subject to hydrolysis) is 1. The van der Waals surface area contributed by atoms with Crippen molar-refractivity contribution in [2.24, 2.45) is 5.92 Å². The molecule has 0 saturated heterocycles. The van der Waals surface area contributed by atoms with E-state index < -0.39 is 18.0 Å². The fraction of sp³-hybridized carbons (Fsp3) is 0.485. The van der Waals surface area contributed by atoms with Crippen molar-refractivity contribution in [2.45, 2.75) is 76.6 Å². The summed E-state index contributed by atoms with van der Waals surface area (Å²) in [5, 5.41) is 8.52. The topological polar surface area (TPSA) is 99.8 Å². The van der Waals surface area contributed by atoms with Crippen LogP contribution in [0.3, 0.4) is 0 Å². The van der Waals surface area contributed by atoms with Crippen LogP contribution in [0.1, 0.15) is 63.5 Å². The lowest BCUT2D eigenvalue weighted by Gasteiger charge is -2.49. The van der Waals surface area contributed by atoms with Gasteiger partial charge >= 0.3 is 6.09 Å². The van der Waals surface area contributed by atoms with Crippen LogP contribution in [0.2, 0.25) is 0 Å². The van der Waals surface area contributed by atoms with E-state index in [0.29, 0.717) is 6.42 Å². The van der Waals surface area contributed by atoms with Gasteiger partial charge in [-0.05, 0) is 55.6 Å². The lowest BCUT2D eigenvalue weighted by Crippen LogP contribution is -2.55. The number of hydrogen-bond acceptors (Lipinski definition) is 5. The zero-order valence-electron chi connectivity index (χ0n) is 24.3. The molecule has 3 N–H and O–H groups in total. The normalized spacial score (nSPS) is 21.6. The highest BCUT2D eigenvalue weighted by Gasteiger charge is 2.42. The van der Waals surface area contributed by atoms with Gasteiger partial charge in [0.2, 0.25) is 11.8 Å². The molecule has 220 valence electrons. The number of amides is 3. The van der Waals surface area contributed by atoms with Gasteiger partial charge in [-0.2, -0.15) is 0 Å². The molecule has 3 amide bonds. The minimum Gasteiger partial charge on any atom is -0.445 e. The molecule has 8 heteroatoms. The first-order valence-corrected chi connectivity index (χ1v) is 14.9. The second-order valence-electron chi connectivity index (χ2n) is 11.6. The molecule has 1 aliphatic heterocycles. The van der Waals surface area contributed by atoms with Crippen molar-refractivity contribution in [1.82, 2.24) is 20.9 Å². The highest BCUT2D eigenvalue weighted by molar-refractivity contribution is 5.89. The fourth-order valence-corrected chi connectivity index (χ4v) is 5.98. The van der Waals surface area contributed by atoms with E-state index in [1.165, 1.54) is 5.56 Å². The number of carbonyl (C=O) groups excluding carboxylic acids is 3. The molecular weight excluding hydrogens is 516 g/mol. The maximum Gasteiger partial charge on any atom is 0.407 e. The van der Waals surface area contributed by atoms with Gasteiger partial charge in [0, 0.05) is 24.7 Å². The van der Waals surface area contributed by atoms with Gasteiger partial charge in [-0.15, -0.1) is 0 Å². The lowest BCUT2D eigenvalue weighted by atomic mass is 9.73. The molecule has 2 aliphatic rings. The molecular formula is C33H44N4O4. The molecule has 0 radical (unpaired) electrons. The minimum absolute atomic E-state index is 0.0282. The van der Waals surface area contributed by atoms with Gasteiger partial charge in [0.15, 0.2) is 0 Å². The Bertz CT molecular complexity index is 1160. The molecule has 4 rings (SSSR count). The number of nitrogens with one attached hydrogen (secondary N) is 3. The summed E-state index contributed by atoms with van der Waals surface area (Å²) in [6, 6.07) is 19.5. The van der Waals surface area contributed by atoms with E-state index in [0.717, 1.165) is 50.8 Å². The van der Waals surface area contributed by atoms with Crippen LogP contribution in [0, 0.1) is 5.92 Å². The maximum atomic E-state index is 13.4. The summed E-state index contributed by atoms with van der Waals surface area (Å²) in [6.45, 7) is 5.89. The SMILES string of the molecule is CC(C)CC(NC(=O)CNC(=O)OCc1ccccc1)C(=O)NC1CCC(c2ccccc2)(N2CC=CCC2)CC1. The third-order valence-corrected chi connectivity index (χ3v) is 8.10. The Morgan fingerprint density at radius 2 is 1.66 bits per heavy atom. The summed E-state index contributed by atoms with van der Waals surface area (Å²) < 4.78 is 5.17. The molecule has 2 aromatic carbocycles. The van der Waals surface area contributed by atoms with Gasteiger partial charge in [-0.3, -0.25) is 14.5 Å². The number of nitrogens with zero attached hydrogens (tertiary/aromatic N) is 1. The standard InChI is InChI=1S/C33H44N4O4/c1-25(2)22-29(36-30(38)23-34-32(40)41-24-26-12-6-3-7-13-26)31(39)35-28-16-18-33(19-17-28,27-14-8-4-9-15-27)37-20-10-5-11-21-37/h3-10,12-15,25,28-29H,11,16-24H2,1-2H3,(H,34,40)(H,35,39)(H,36,38). The lowest BCUT2D eigenvalue weighted by molar-refractivity contribution is -0.129. The van der Waals surface area contributed by atoms with E-state index in [-0.39, 0.29) is 36.6 Å². The Morgan fingerprint density at radius 3 is 2.29 bits per heavy atom. The van der Waals surface area contributed by atoms with Crippen molar-refractivity contribution >= 4 is 17.9 Å². The molecule has 1 heterocycles. The van der Waals surface area contributed by atoms with Crippen LogP contribution in [-0.2, 0) is 26.5 Å². The Balaban J connectivity index is 1.29. The first kappa shape index (κ1) is 30.3. The Morgan fingerprint density at radius 1 is 0.976 bits per heavy atom. The van der Waals surface area contributed by atoms with Gasteiger partial charge < -0.3 is 20.7 Å². The summed E-state index contributed by atoms with van der Waals surface area (Å²) in [4.78, 5) is 40.7. The summed E-state index contributed by atoms with van der Waals surface area (Å²) in [7, 11) is 0. The Kier molecular flexibility index (Phi) is 11.0. The van der Waals surface area contributed by atoms with E-state index in [9.17, 15) is 14.4 Å². The van der Waals surface area contributed by atoms with Crippen molar-refractivity contribution in [2.75, 3.05) is 19.6 Å². The highest BCUT2D eigenvalue weighted by atomic mass is 16.5. The van der Waals surface area contributed by atoms with Crippen LogP contribution in [-0.4, -0.2) is 54.5 Å². The third kappa shape index (κ3) is 8.67. The Hall–Kier alpha value is -3.65. The average Bonchev–Trinajstić information content (AvgIpc) is 3.00. The monoisotopic (exact) mass is 560 g/mol. The van der Waals surface area contributed by atoms with E-state index >= 15 is 0 Å². The minimum atomic E-state index is -0.679. The number of carbonyl (C=O) groups is 3. The van der Waals surface area contributed by atoms with Gasteiger partial charge in [-0.1, -0.05) is 86.7 Å². The largest absolute Gasteiger partial charge is 0.445 e.